The van der Waals surface area contributed by atoms with Crippen molar-refractivity contribution >= 4 is 5.97 Å². The van der Waals surface area contributed by atoms with E-state index in [-0.39, 0.29) is 22.4 Å². The van der Waals surface area contributed by atoms with E-state index in [9.17, 15) is 4.79 Å². The Hall–Kier alpha value is -0.530. The monoisotopic (exact) mass is 254 g/mol. The van der Waals surface area contributed by atoms with Gasteiger partial charge in [0.05, 0.1) is 5.41 Å². The minimum atomic E-state index is -0.339. The van der Waals surface area contributed by atoms with Crippen LogP contribution in [0.3, 0.4) is 0 Å². The van der Waals surface area contributed by atoms with E-state index in [1.54, 1.807) is 0 Å². The average Bonchev–Trinajstić information content (AvgIpc) is 2.36. The molecule has 0 amide bonds. The largest absolute Gasteiger partial charge is 0.458 e. The Bertz CT molecular complexity index is 321. The van der Waals surface area contributed by atoms with E-state index < -0.39 is 0 Å². The predicted molar refractivity (Wildman–Crippen MR) is 75.4 cm³/mol. The van der Waals surface area contributed by atoms with Gasteiger partial charge in [-0.15, -0.1) is 0 Å². The lowest BCUT2D eigenvalue weighted by Gasteiger charge is -2.67. The number of rotatable bonds is 3. The number of esters is 1. The molecule has 2 aliphatic carbocycles. The Morgan fingerprint density at radius 2 is 1.89 bits per heavy atom. The highest BCUT2D eigenvalue weighted by Crippen LogP contribution is 2.68. The maximum atomic E-state index is 12.1. The van der Waals surface area contributed by atoms with Crippen molar-refractivity contribution in [2.75, 3.05) is 0 Å². The Morgan fingerprint density at radius 3 is 2.17 bits per heavy atom. The zero-order valence-corrected chi connectivity index (χ0v) is 13.2. The molecule has 3 unspecified atom stereocenters. The first-order chi connectivity index (χ1) is 8.25. The van der Waals surface area contributed by atoms with E-state index in [1.807, 2.05) is 34.6 Å². The van der Waals surface area contributed by atoms with Gasteiger partial charge in [0, 0.05) is 5.41 Å². The van der Waals surface area contributed by atoms with Crippen molar-refractivity contribution in [3.8, 4) is 0 Å². The van der Waals surface area contributed by atoms with Crippen molar-refractivity contribution in [2.45, 2.75) is 79.8 Å². The second-order valence-electron chi connectivity index (χ2n) is 6.71. The van der Waals surface area contributed by atoms with Gasteiger partial charge in [0.2, 0.25) is 0 Å². The maximum Gasteiger partial charge on any atom is 0.312 e. The number of carbonyl (C=O) groups excluding carboxylic acids is 1. The maximum absolute atomic E-state index is 12.1. The molecule has 0 spiro atoms. The molecule has 2 rings (SSSR count). The quantitative estimate of drug-likeness (QED) is 0.690. The van der Waals surface area contributed by atoms with Crippen LogP contribution < -0.4 is 0 Å². The molecule has 2 fully saturated rings. The molecule has 3 atom stereocenters. The molecule has 2 nitrogen and oxygen atoms in total. The standard InChI is InChI=1S/C14H24O2.C2H6/c1-6-12(2,3)11(15)16-14(5)9-10-7-8-13(10,14)4;1-2/h10H,6-9H2,1-5H3;1-2H3. The number of hydrogen-bond donors (Lipinski definition) is 0. The summed E-state index contributed by atoms with van der Waals surface area (Å²) in [5.41, 5.74) is -0.264. The third kappa shape index (κ3) is 2.08. The summed E-state index contributed by atoms with van der Waals surface area (Å²) in [6.45, 7) is 14.4. The normalized spacial score (nSPS) is 37.4. The fraction of sp³-hybridized carbons (Fsp3) is 0.938. The molecule has 0 aromatic rings. The van der Waals surface area contributed by atoms with Crippen LogP contribution in [0.2, 0.25) is 0 Å². The lowest BCUT2D eigenvalue weighted by Crippen LogP contribution is -2.68. The summed E-state index contributed by atoms with van der Waals surface area (Å²) in [4.78, 5) is 12.1. The zero-order valence-electron chi connectivity index (χ0n) is 13.2. The summed E-state index contributed by atoms with van der Waals surface area (Å²) in [7, 11) is 0. The molecule has 0 heterocycles. The highest BCUT2D eigenvalue weighted by molar-refractivity contribution is 5.76. The molecular weight excluding hydrogens is 224 g/mol. The van der Waals surface area contributed by atoms with Gasteiger partial charge in [-0.25, -0.2) is 0 Å². The molecule has 0 aromatic carbocycles. The Balaban J connectivity index is 0.000000771. The molecule has 106 valence electrons. The van der Waals surface area contributed by atoms with E-state index in [0.29, 0.717) is 0 Å². The van der Waals surface area contributed by atoms with Crippen LogP contribution in [0, 0.1) is 16.7 Å². The third-order valence-corrected chi connectivity index (χ3v) is 5.51. The average molecular weight is 254 g/mol. The first-order valence-electron chi connectivity index (χ1n) is 7.49. The molecule has 2 aliphatic rings. The van der Waals surface area contributed by atoms with Crippen molar-refractivity contribution in [1.29, 1.82) is 0 Å². The summed E-state index contributed by atoms with van der Waals surface area (Å²) in [6, 6.07) is 0. The molecule has 2 saturated carbocycles. The highest BCUT2D eigenvalue weighted by Gasteiger charge is 2.67. The molecule has 0 aromatic heterocycles. The van der Waals surface area contributed by atoms with Crippen molar-refractivity contribution in [3.63, 3.8) is 0 Å². The first-order valence-corrected chi connectivity index (χ1v) is 7.49. The number of fused-ring (bicyclic) bond motifs is 1. The second kappa shape index (κ2) is 4.86. The summed E-state index contributed by atoms with van der Waals surface area (Å²) < 4.78 is 5.83. The van der Waals surface area contributed by atoms with Gasteiger partial charge in [-0.1, -0.05) is 27.7 Å². The van der Waals surface area contributed by atoms with Crippen LogP contribution in [0.25, 0.3) is 0 Å². The van der Waals surface area contributed by atoms with Gasteiger partial charge in [-0.05, 0) is 52.4 Å². The summed E-state index contributed by atoms with van der Waals surface area (Å²) >= 11 is 0. The SMILES string of the molecule is CC.CCC(C)(C)C(=O)OC1(C)CC2CCC21C. The van der Waals surface area contributed by atoms with Crippen molar-refractivity contribution in [2.24, 2.45) is 16.7 Å². The summed E-state index contributed by atoms with van der Waals surface area (Å²) in [6.07, 6.45) is 4.44. The van der Waals surface area contributed by atoms with Crippen LogP contribution in [-0.2, 0) is 9.53 Å². The summed E-state index contributed by atoms with van der Waals surface area (Å²) in [5, 5.41) is 0. The van der Waals surface area contributed by atoms with Crippen LogP contribution in [0.1, 0.15) is 74.1 Å². The van der Waals surface area contributed by atoms with Gasteiger partial charge in [0.15, 0.2) is 0 Å². The van der Waals surface area contributed by atoms with Crippen LogP contribution in [0.15, 0.2) is 0 Å². The van der Waals surface area contributed by atoms with Gasteiger partial charge >= 0.3 is 5.97 Å². The fourth-order valence-corrected chi connectivity index (χ4v) is 3.02. The number of ether oxygens (including phenoxy) is 1. The topological polar surface area (TPSA) is 26.3 Å². The van der Waals surface area contributed by atoms with E-state index in [0.717, 1.165) is 18.8 Å². The lowest BCUT2D eigenvalue weighted by molar-refractivity contribution is -0.265. The Labute approximate surface area is 112 Å². The second-order valence-corrected chi connectivity index (χ2v) is 6.71. The molecule has 0 aliphatic heterocycles. The van der Waals surface area contributed by atoms with Crippen molar-refractivity contribution in [1.82, 2.24) is 0 Å². The molecular formula is C16H30O2. The number of carbonyl (C=O) groups is 1. The Morgan fingerprint density at radius 1 is 1.33 bits per heavy atom. The van der Waals surface area contributed by atoms with E-state index >= 15 is 0 Å². The minimum absolute atomic E-state index is 0.0240. The molecule has 0 radical (unpaired) electrons. The summed E-state index contributed by atoms with van der Waals surface area (Å²) in [5.74, 6) is 0.777. The van der Waals surface area contributed by atoms with E-state index in [2.05, 4.69) is 13.8 Å². The van der Waals surface area contributed by atoms with E-state index in [1.165, 1.54) is 12.8 Å². The van der Waals surface area contributed by atoms with Gasteiger partial charge in [0.1, 0.15) is 5.60 Å². The molecule has 2 heteroatoms. The molecule has 0 N–H and O–H groups in total. The first kappa shape index (κ1) is 15.5. The highest BCUT2D eigenvalue weighted by atomic mass is 16.6. The van der Waals surface area contributed by atoms with Crippen LogP contribution in [0.5, 0.6) is 0 Å². The van der Waals surface area contributed by atoms with Crippen molar-refractivity contribution in [3.05, 3.63) is 0 Å². The zero-order chi connectivity index (χ0) is 14.2. The van der Waals surface area contributed by atoms with Gasteiger partial charge in [0.25, 0.3) is 0 Å². The molecule has 0 bridgehead atoms. The fourth-order valence-electron chi connectivity index (χ4n) is 3.02. The lowest BCUT2D eigenvalue weighted by atomic mass is 9.41. The minimum Gasteiger partial charge on any atom is -0.458 e. The van der Waals surface area contributed by atoms with E-state index in [4.69, 9.17) is 4.74 Å². The molecule has 18 heavy (non-hydrogen) atoms. The van der Waals surface area contributed by atoms with Crippen LogP contribution >= 0.6 is 0 Å². The van der Waals surface area contributed by atoms with Gasteiger partial charge in [-0.2, -0.15) is 0 Å². The van der Waals surface area contributed by atoms with Gasteiger partial charge in [-0.3, -0.25) is 4.79 Å². The van der Waals surface area contributed by atoms with Crippen LogP contribution in [0.4, 0.5) is 0 Å². The predicted octanol–water partition coefficient (Wildman–Crippen LogP) is 4.57. The van der Waals surface area contributed by atoms with Crippen LogP contribution in [-0.4, -0.2) is 11.6 Å². The van der Waals surface area contributed by atoms with Gasteiger partial charge < -0.3 is 4.74 Å². The smallest absolute Gasteiger partial charge is 0.312 e. The van der Waals surface area contributed by atoms with Crippen molar-refractivity contribution < 1.29 is 9.53 Å². The Kier molecular flexibility index (Phi) is 4.19. The third-order valence-electron chi connectivity index (χ3n) is 5.51. The number of hydrogen-bond acceptors (Lipinski definition) is 2. The molecule has 0 saturated heterocycles.